The third-order valence-electron chi connectivity index (χ3n) is 5.70. The van der Waals surface area contributed by atoms with E-state index in [-0.39, 0.29) is 17.8 Å². The van der Waals surface area contributed by atoms with Gasteiger partial charge in [0.1, 0.15) is 5.82 Å². The molecule has 6 heteroatoms. The number of nitrogens with zero attached hydrogens (tertiary/aromatic N) is 3. The zero-order chi connectivity index (χ0) is 21.6. The summed E-state index contributed by atoms with van der Waals surface area (Å²) in [5.74, 6) is -0.590. The standard InChI is InChI=1S/C25H26FN3O2/c1-31-25(30)22-15-19(16-27-17-22)18-28-11-13-29(14-12-28)24(20-5-3-2-4-6-20)21-7-9-23(26)10-8-21/h2-10,15-17,24H,11-14,18H2,1H3. The van der Waals surface area contributed by atoms with Gasteiger partial charge in [-0.15, -0.1) is 0 Å². The lowest BCUT2D eigenvalue weighted by Gasteiger charge is -2.39. The fourth-order valence-corrected chi connectivity index (χ4v) is 4.14. The van der Waals surface area contributed by atoms with Gasteiger partial charge in [0.2, 0.25) is 0 Å². The molecule has 0 N–H and O–H groups in total. The minimum Gasteiger partial charge on any atom is -0.465 e. The Balaban J connectivity index is 1.46. The number of hydrogen-bond acceptors (Lipinski definition) is 5. The summed E-state index contributed by atoms with van der Waals surface area (Å²) in [6.07, 6.45) is 3.32. The Morgan fingerprint density at radius 1 is 1.00 bits per heavy atom. The molecule has 160 valence electrons. The van der Waals surface area contributed by atoms with Crippen LogP contribution in [-0.2, 0) is 11.3 Å². The van der Waals surface area contributed by atoms with Crippen molar-refractivity contribution in [2.75, 3.05) is 33.3 Å². The largest absolute Gasteiger partial charge is 0.465 e. The van der Waals surface area contributed by atoms with Crippen LogP contribution in [0.15, 0.2) is 73.1 Å². The lowest BCUT2D eigenvalue weighted by molar-refractivity contribution is 0.0600. The molecule has 31 heavy (non-hydrogen) atoms. The highest BCUT2D eigenvalue weighted by molar-refractivity contribution is 5.89. The molecule has 1 aliphatic heterocycles. The molecule has 0 aliphatic carbocycles. The van der Waals surface area contributed by atoms with Crippen molar-refractivity contribution in [2.24, 2.45) is 0 Å². The highest BCUT2D eigenvalue weighted by Crippen LogP contribution is 2.30. The molecule has 0 saturated carbocycles. The van der Waals surface area contributed by atoms with Gasteiger partial charge >= 0.3 is 5.97 Å². The van der Waals surface area contributed by atoms with Crippen LogP contribution in [0, 0.1) is 5.82 Å². The Bertz CT molecular complexity index is 1000. The molecule has 1 atom stereocenters. The topological polar surface area (TPSA) is 45.7 Å². The second-order valence-corrected chi connectivity index (χ2v) is 7.75. The third kappa shape index (κ3) is 5.16. The fraction of sp³-hybridized carbons (Fsp3) is 0.280. The van der Waals surface area contributed by atoms with Gasteiger partial charge < -0.3 is 4.74 Å². The van der Waals surface area contributed by atoms with Gasteiger partial charge in [-0.3, -0.25) is 14.8 Å². The number of carbonyl (C=O) groups excluding carboxylic acids is 1. The molecule has 2 heterocycles. The van der Waals surface area contributed by atoms with Crippen LogP contribution in [0.5, 0.6) is 0 Å². The molecule has 4 rings (SSSR count). The van der Waals surface area contributed by atoms with Gasteiger partial charge in [0, 0.05) is 45.1 Å². The van der Waals surface area contributed by atoms with Gasteiger partial charge in [-0.2, -0.15) is 0 Å². The summed E-state index contributed by atoms with van der Waals surface area (Å²) in [5.41, 5.74) is 3.77. The highest BCUT2D eigenvalue weighted by Gasteiger charge is 2.26. The first kappa shape index (κ1) is 21.2. The summed E-state index contributed by atoms with van der Waals surface area (Å²) < 4.78 is 18.3. The summed E-state index contributed by atoms with van der Waals surface area (Å²) in [6, 6.07) is 19.1. The molecule has 0 radical (unpaired) electrons. The molecule has 1 unspecified atom stereocenters. The first-order chi connectivity index (χ1) is 15.1. The number of piperazine rings is 1. The first-order valence-electron chi connectivity index (χ1n) is 10.4. The number of carbonyl (C=O) groups is 1. The highest BCUT2D eigenvalue weighted by atomic mass is 19.1. The average Bonchev–Trinajstić information content (AvgIpc) is 2.82. The van der Waals surface area contributed by atoms with E-state index in [9.17, 15) is 9.18 Å². The molecule has 3 aromatic rings. The maximum atomic E-state index is 13.5. The Labute approximate surface area is 182 Å². The smallest absolute Gasteiger partial charge is 0.339 e. The summed E-state index contributed by atoms with van der Waals surface area (Å²) >= 11 is 0. The molecule has 1 saturated heterocycles. The van der Waals surface area contributed by atoms with Gasteiger partial charge in [0.15, 0.2) is 0 Å². The number of rotatable bonds is 6. The monoisotopic (exact) mass is 419 g/mol. The molecule has 5 nitrogen and oxygen atoms in total. The molecule has 1 aromatic heterocycles. The Kier molecular flexibility index (Phi) is 6.70. The van der Waals surface area contributed by atoms with Gasteiger partial charge in [0.25, 0.3) is 0 Å². The zero-order valence-electron chi connectivity index (χ0n) is 17.6. The average molecular weight is 420 g/mol. The summed E-state index contributed by atoms with van der Waals surface area (Å²) in [4.78, 5) is 20.7. The molecule has 2 aromatic carbocycles. The van der Waals surface area contributed by atoms with Crippen LogP contribution in [-0.4, -0.2) is 54.0 Å². The van der Waals surface area contributed by atoms with E-state index in [2.05, 4.69) is 26.9 Å². The van der Waals surface area contributed by atoms with Crippen molar-refractivity contribution in [1.29, 1.82) is 0 Å². The normalized spacial score (nSPS) is 16.1. The number of halogens is 1. The summed E-state index contributed by atoms with van der Waals surface area (Å²) in [7, 11) is 1.37. The zero-order valence-corrected chi connectivity index (χ0v) is 17.6. The van der Waals surface area contributed by atoms with Crippen LogP contribution in [0.4, 0.5) is 4.39 Å². The lowest BCUT2D eigenvalue weighted by Crippen LogP contribution is -2.47. The predicted octanol–water partition coefficient (Wildman–Crippen LogP) is 3.91. The van der Waals surface area contributed by atoms with Gasteiger partial charge in [-0.1, -0.05) is 42.5 Å². The van der Waals surface area contributed by atoms with E-state index in [1.54, 1.807) is 6.20 Å². The van der Waals surface area contributed by atoms with Crippen LogP contribution in [0.1, 0.15) is 33.1 Å². The molecular weight excluding hydrogens is 393 g/mol. The second-order valence-electron chi connectivity index (χ2n) is 7.75. The summed E-state index contributed by atoms with van der Waals surface area (Å²) in [5, 5.41) is 0. The minimum absolute atomic E-state index is 0.0910. The van der Waals surface area contributed by atoms with Crippen molar-refractivity contribution in [2.45, 2.75) is 12.6 Å². The number of esters is 1. The van der Waals surface area contributed by atoms with E-state index in [1.165, 1.54) is 31.0 Å². The first-order valence-corrected chi connectivity index (χ1v) is 10.4. The molecule has 0 amide bonds. The van der Waals surface area contributed by atoms with Crippen molar-refractivity contribution in [3.8, 4) is 0 Å². The number of pyridine rings is 1. The quantitative estimate of drug-likeness (QED) is 0.567. The SMILES string of the molecule is COC(=O)c1cncc(CN2CCN(C(c3ccccc3)c3ccc(F)cc3)CC2)c1. The van der Waals surface area contributed by atoms with E-state index in [0.29, 0.717) is 5.56 Å². The van der Waals surface area contributed by atoms with Crippen molar-refractivity contribution in [3.63, 3.8) is 0 Å². The third-order valence-corrected chi connectivity index (χ3v) is 5.70. The van der Waals surface area contributed by atoms with Crippen LogP contribution in [0.25, 0.3) is 0 Å². The molecular formula is C25H26FN3O2. The number of hydrogen-bond donors (Lipinski definition) is 0. The Morgan fingerprint density at radius 3 is 2.35 bits per heavy atom. The van der Waals surface area contributed by atoms with Crippen LogP contribution in [0.3, 0.4) is 0 Å². The van der Waals surface area contributed by atoms with Gasteiger partial charge in [-0.25, -0.2) is 9.18 Å². The fourth-order valence-electron chi connectivity index (χ4n) is 4.14. The number of methoxy groups -OCH3 is 1. The lowest BCUT2D eigenvalue weighted by atomic mass is 9.96. The van der Waals surface area contributed by atoms with Gasteiger partial charge in [-0.05, 0) is 34.9 Å². The molecule has 1 aliphatic rings. The van der Waals surface area contributed by atoms with Crippen molar-refractivity contribution < 1.29 is 13.9 Å². The van der Waals surface area contributed by atoms with Crippen LogP contribution in [0.2, 0.25) is 0 Å². The van der Waals surface area contributed by atoms with E-state index < -0.39 is 0 Å². The van der Waals surface area contributed by atoms with Crippen molar-refractivity contribution in [1.82, 2.24) is 14.8 Å². The Morgan fingerprint density at radius 2 is 1.68 bits per heavy atom. The number of aromatic nitrogens is 1. The van der Waals surface area contributed by atoms with Crippen molar-refractivity contribution >= 4 is 5.97 Å². The second kappa shape index (κ2) is 9.81. The minimum atomic E-state index is -0.371. The van der Waals surface area contributed by atoms with Crippen LogP contribution < -0.4 is 0 Å². The van der Waals surface area contributed by atoms with Crippen molar-refractivity contribution in [3.05, 3.63) is 101 Å². The maximum absolute atomic E-state index is 13.5. The summed E-state index contributed by atoms with van der Waals surface area (Å²) in [6.45, 7) is 4.31. The number of benzene rings is 2. The molecule has 0 spiro atoms. The van der Waals surface area contributed by atoms with Crippen LogP contribution >= 0.6 is 0 Å². The van der Waals surface area contributed by atoms with Gasteiger partial charge in [0.05, 0.1) is 18.7 Å². The van der Waals surface area contributed by atoms with E-state index in [0.717, 1.165) is 43.9 Å². The molecule has 0 bridgehead atoms. The maximum Gasteiger partial charge on any atom is 0.339 e. The van der Waals surface area contributed by atoms with E-state index in [1.807, 2.05) is 36.4 Å². The number of ether oxygens (including phenoxy) is 1. The van der Waals surface area contributed by atoms with E-state index >= 15 is 0 Å². The Hall–Kier alpha value is -3.09. The van der Waals surface area contributed by atoms with E-state index in [4.69, 9.17) is 4.74 Å². The molecule has 1 fully saturated rings. The predicted molar refractivity (Wildman–Crippen MR) is 117 cm³/mol.